The number of amides is 2. The molecule has 0 bridgehead atoms. The number of fused-ring (bicyclic) bond motifs is 1. The van der Waals surface area contributed by atoms with Gasteiger partial charge in [-0.05, 0) is 27.2 Å². The molecule has 2 aliphatic heterocycles. The fourth-order valence-electron chi connectivity index (χ4n) is 3.66. The molecular formula is C18H28N4O5S. The van der Waals surface area contributed by atoms with E-state index in [2.05, 4.69) is 5.10 Å². The minimum atomic E-state index is -3.09. The molecule has 1 unspecified atom stereocenters. The molecule has 1 aromatic rings. The van der Waals surface area contributed by atoms with E-state index >= 15 is 0 Å². The van der Waals surface area contributed by atoms with Crippen LogP contribution in [0.5, 0.6) is 0 Å². The van der Waals surface area contributed by atoms with Crippen LogP contribution in [0, 0.1) is 0 Å². The van der Waals surface area contributed by atoms with Gasteiger partial charge in [-0.1, -0.05) is 0 Å². The summed E-state index contributed by atoms with van der Waals surface area (Å²) >= 11 is 0. The molecule has 0 N–H and O–H groups in total. The predicted octanol–water partition coefficient (Wildman–Crippen LogP) is 0.972. The monoisotopic (exact) mass is 412 g/mol. The number of ether oxygens (including phenoxy) is 1. The number of aromatic nitrogens is 2. The van der Waals surface area contributed by atoms with E-state index in [1.165, 1.54) is 4.90 Å². The standard InChI is InChI=1S/C18H28N4O5S/c1-18(2,3)27-17(24)22-8-6-14-13(10-22)15(19-21(14)5)16(23)20(4)12-7-9-28(25,26)11-12/h12H,6-11H2,1-5H3. The topological polar surface area (TPSA) is 102 Å². The molecular weight excluding hydrogens is 384 g/mol. The van der Waals surface area contributed by atoms with Crippen LogP contribution in [-0.4, -0.2) is 76.7 Å². The van der Waals surface area contributed by atoms with Crippen molar-refractivity contribution in [1.82, 2.24) is 19.6 Å². The Labute approximate surface area is 165 Å². The molecule has 3 heterocycles. The zero-order valence-corrected chi connectivity index (χ0v) is 17.9. The van der Waals surface area contributed by atoms with Gasteiger partial charge in [0.15, 0.2) is 15.5 Å². The van der Waals surface area contributed by atoms with Gasteiger partial charge in [0, 0.05) is 44.4 Å². The van der Waals surface area contributed by atoms with Gasteiger partial charge in [0.2, 0.25) is 0 Å². The third-order valence-electron chi connectivity index (χ3n) is 5.17. The first-order valence-electron chi connectivity index (χ1n) is 9.38. The molecule has 1 atom stereocenters. The van der Waals surface area contributed by atoms with Gasteiger partial charge in [-0.2, -0.15) is 5.10 Å². The van der Waals surface area contributed by atoms with Gasteiger partial charge in [0.1, 0.15) is 5.60 Å². The second-order valence-electron chi connectivity index (χ2n) is 8.52. The Morgan fingerprint density at radius 1 is 1.29 bits per heavy atom. The number of carbonyl (C=O) groups excluding carboxylic acids is 2. The van der Waals surface area contributed by atoms with E-state index in [1.54, 1.807) is 23.7 Å². The number of aryl methyl sites for hydroxylation is 1. The molecule has 0 radical (unpaired) electrons. The molecule has 156 valence electrons. The van der Waals surface area contributed by atoms with Gasteiger partial charge >= 0.3 is 6.09 Å². The first kappa shape index (κ1) is 20.6. The molecule has 28 heavy (non-hydrogen) atoms. The van der Waals surface area contributed by atoms with Crippen molar-refractivity contribution in [2.75, 3.05) is 25.1 Å². The number of nitrogens with zero attached hydrogens (tertiary/aromatic N) is 4. The van der Waals surface area contributed by atoms with Crippen molar-refractivity contribution in [2.24, 2.45) is 7.05 Å². The van der Waals surface area contributed by atoms with E-state index in [-0.39, 0.29) is 35.7 Å². The van der Waals surface area contributed by atoms with Crippen molar-refractivity contribution < 1.29 is 22.7 Å². The highest BCUT2D eigenvalue weighted by molar-refractivity contribution is 7.91. The fourth-order valence-corrected chi connectivity index (χ4v) is 5.43. The number of rotatable bonds is 2. The summed E-state index contributed by atoms with van der Waals surface area (Å²) < 4.78 is 30.6. The van der Waals surface area contributed by atoms with Crippen LogP contribution in [0.3, 0.4) is 0 Å². The van der Waals surface area contributed by atoms with Gasteiger partial charge in [-0.15, -0.1) is 0 Å². The maximum absolute atomic E-state index is 13.1. The van der Waals surface area contributed by atoms with E-state index in [9.17, 15) is 18.0 Å². The van der Waals surface area contributed by atoms with Crippen LogP contribution < -0.4 is 0 Å². The Morgan fingerprint density at radius 3 is 2.54 bits per heavy atom. The summed E-state index contributed by atoms with van der Waals surface area (Å²) in [6.45, 7) is 6.17. The third-order valence-corrected chi connectivity index (χ3v) is 6.92. The van der Waals surface area contributed by atoms with Crippen LogP contribution >= 0.6 is 0 Å². The van der Waals surface area contributed by atoms with E-state index in [0.717, 1.165) is 5.69 Å². The summed E-state index contributed by atoms with van der Waals surface area (Å²) in [5.74, 6) is -0.235. The number of carbonyl (C=O) groups is 2. The molecule has 9 nitrogen and oxygen atoms in total. The summed E-state index contributed by atoms with van der Waals surface area (Å²) in [5.41, 5.74) is 1.30. The molecule has 0 aromatic carbocycles. The Balaban J connectivity index is 1.81. The van der Waals surface area contributed by atoms with Crippen molar-refractivity contribution >= 4 is 21.8 Å². The number of hydrogen-bond donors (Lipinski definition) is 0. The van der Waals surface area contributed by atoms with Crippen molar-refractivity contribution in [3.63, 3.8) is 0 Å². The zero-order chi connectivity index (χ0) is 20.9. The predicted molar refractivity (Wildman–Crippen MR) is 103 cm³/mol. The van der Waals surface area contributed by atoms with Crippen molar-refractivity contribution in [1.29, 1.82) is 0 Å². The second-order valence-corrected chi connectivity index (χ2v) is 10.8. The van der Waals surface area contributed by atoms with Gasteiger partial charge in [-0.25, -0.2) is 13.2 Å². The lowest BCUT2D eigenvalue weighted by molar-refractivity contribution is 0.0221. The summed E-state index contributed by atoms with van der Waals surface area (Å²) in [6.07, 6.45) is 0.590. The molecule has 1 fully saturated rings. The van der Waals surface area contributed by atoms with Crippen molar-refractivity contribution in [2.45, 2.75) is 51.8 Å². The average molecular weight is 413 g/mol. The van der Waals surface area contributed by atoms with Gasteiger partial charge in [0.25, 0.3) is 5.91 Å². The van der Waals surface area contributed by atoms with Crippen LogP contribution in [0.2, 0.25) is 0 Å². The highest BCUT2D eigenvalue weighted by Crippen LogP contribution is 2.26. The lowest BCUT2D eigenvalue weighted by Gasteiger charge is -2.30. The minimum Gasteiger partial charge on any atom is -0.444 e. The summed E-state index contributed by atoms with van der Waals surface area (Å²) in [4.78, 5) is 28.5. The fraction of sp³-hybridized carbons (Fsp3) is 0.722. The molecule has 10 heteroatoms. The molecule has 0 spiro atoms. The van der Waals surface area contributed by atoms with E-state index in [0.29, 0.717) is 24.9 Å². The zero-order valence-electron chi connectivity index (χ0n) is 17.1. The van der Waals surface area contributed by atoms with E-state index in [4.69, 9.17) is 4.74 Å². The second kappa shape index (κ2) is 7.06. The Kier molecular flexibility index (Phi) is 5.20. The quantitative estimate of drug-likeness (QED) is 0.717. The van der Waals surface area contributed by atoms with Gasteiger partial charge in [-0.3, -0.25) is 9.48 Å². The molecule has 1 aromatic heterocycles. The molecule has 2 aliphatic rings. The molecule has 3 rings (SSSR count). The molecule has 0 aliphatic carbocycles. The van der Waals surface area contributed by atoms with Crippen LogP contribution in [0.25, 0.3) is 0 Å². The van der Waals surface area contributed by atoms with Crippen LogP contribution in [-0.2, 0) is 34.6 Å². The smallest absolute Gasteiger partial charge is 0.410 e. The summed E-state index contributed by atoms with van der Waals surface area (Å²) in [6, 6.07) is -0.347. The van der Waals surface area contributed by atoms with E-state index < -0.39 is 21.5 Å². The first-order valence-corrected chi connectivity index (χ1v) is 11.2. The lowest BCUT2D eigenvalue weighted by Crippen LogP contribution is -2.41. The Hall–Kier alpha value is -2.10. The minimum absolute atomic E-state index is 0.0195. The maximum Gasteiger partial charge on any atom is 0.410 e. The maximum atomic E-state index is 13.1. The van der Waals surface area contributed by atoms with Crippen LogP contribution in [0.1, 0.15) is 48.9 Å². The molecule has 1 saturated heterocycles. The molecule has 0 saturated carbocycles. The number of sulfone groups is 1. The summed E-state index contributed by atoms with van der Waals surface area (Å²) in [5, 5.41) is 4.39. The van der Waals surface area contributed by atoms with Crippen LogP contribution in [0.4, 0.5) is 4.79 Å². The lowest BCUT2D eigenvalue weighted by atomic mass is 10.0. The van der Waals surface area contributed by atoms with Crippen molar-refractivity contribution in [3.05, 3.63) is 17.0 Å². The highest BCUT2D eigenvalue weighted by atomic mass is 32.2. The van der Waals surface area contributed by atoms with Gasteiger partial charge < -0.3 is 14.5 Å². The normalized spacial score (nSPS) is 21.3. The first-order chi connectivity index (χ1) is 12.9. The molecule has 2 amide bonds. The average Bonchev–Trinajstić information content (AvgIpc) is 3.11. The van der Waals surface area contributed by atoms with Crippen molar-refractivity contribution in [3.8, 4) is 0 Å². The van der Waals surface area contributed by atoms with Gasteiger partial charge in [0.05, 0.1) is 18.1 Å². The van der Waals surface area contributed by atoms with E-state index in [1.807, 2.05) is 20.8 Å². The third kappa shape index (κ3) is 4.16. The Morgan fingerprint density at radius 2 is 1.96 bits per heavy atom. The summed E-state index contributed by atoms with van der Waals surface area (Å²) in [7, 11) is 0.296. The van der Waals surface area contributed by atoms with Crippen LogP contribution in [0.15, 0.2) is 0 Å². The highest BCUT2D eigenvalue weighted by Gasteiger charge is 2.37. The SMILES string of the molecule is CN(C(=O)c1nn(C)c2c1CN(C(=O)OC(C)(C)C)CC2)C1CCS(=O)(=O)C1. The number of hydrogen-bond acceptors (Lipinski definition) is 6. The Bertz CT molecular complexity index is 900. The largest absolute Gasteiger partial charge is 0.444 e.